The lowest BCUT2D eigenvalue weighted by Gasteiger charge is -2.13. The van der Waals surface area contributed by atoms with Gasteiger partial charge in [0.2, 0.25) is 5.91 Å². The molecule has 3 rings (SSSR count). The maximum absolute atomic E-state index is 13.0. The molecule has 4 nitrogen and oxygen atoms in total. The Kier molecular flexibility index (Phi) is 6.18. The van der Waals surface area contributed by atoms with Crippen molar-refractivity contribution in [3.8, 4) is 5.69 Å². The number of thioether (sulfide) groups is 1. The summed E-state index contributed by atoms with van der Waals surface area (Å²) in [4.78, 5) is 12.2. The zero-order valence-electron chi connectivity index (χ0n) is 13.9. The van der Waals surface area contributed by atoms with Crippen molar-refractivity contribution in [2.45, 2.75) is 17.3 Å². The number of carbonyl (C=O) groups is 1. The van der Waals surface area contributed by atoms with E-state index in [1.165, 1.54) is 35.2 Å². The average Bonchev–Trinajstić information content (AvgIpc) is 3.02. The van der Waals surface area contributed by atoms with E-state index in [1.54, 1.807) is 16.8 Å². The largest absolute Gasteiger partial charge is 0.349 e. The smallest absolute Gasteiger partial charge is 0.230 e. The fourth-order valence-electron chi connectivity index (χ4n) is 2.30. The number of halogens is 1. The van der Waals surface area contributed by atoms with Crippen LogP contribution in [0.2, 0.25) is 0 Å². The molecule has 1 unspecified atom stereocenters. The summed E-state index contributed by atoms with van der Waals surface area (Å²) < 4.78 is 15.9. The molecular formula is C18H16FN3OS3. The minimum Gasteiger partial charge on any atom is -0.349 e. The number of nitrogens with one attached hydrogen (secondary N) is 1. The number of benzene rings is 2. The van der Waals surface area contributed by atoms with Crippen molar-refractivity contribution >= 4 is 41.2 Å². The molecule has 0 radical (unpaired) electrons. The Labute approximate surface area is 164 Å². The van der Waals surface area contributed by atoms with Crippen molar-refractivity contribution in [2.24, 2.45) is 0 Å². The summed E-state index contributed by atoms with van der Waals surface area (Å²) in [6.07, 6.45) is 0. The van der Waals surface area contributed by atoms with Crippen LogP contribution in [0, 0.1) is 9.77 Å². The SMILES string of the molecule is CC(NC(=O)CSc1nn(-c2ccc(F)cc2)c(=S)s1)c1ccccc1. The third kappa shape index (κ3) is 4.78. The van der Waals surface area contributed by atoms with Gasteiger partial charge in [-0.3, -0.25) is 4.79 Å². The molecule has 1 aromatic heterocycles. The van der Waals surface area contributed by atoms with Crippen LogP contribution in [0.3, 0.4) is 0 Å². The van der Waals surface area contributed by atoms with Crippen LogP contribution in [0.5, 0.6) is 0 Å². The Morgan fingerprint density at radius 3 is 2.65 bits per heavy atom. The van der Waals surface area contributed by atoms with E-state index in [4.69, 9.17) is 12.2 Å². The van der Waals surface area contributed by atoms with Crippen molar-refractivity contribution in [1.29, 1.82) is 0 Å². The lowest BCUT2D eigenvalue weighted by Crippen LogP contribution is -2.28. The maximum atomic E-state index is 13.0. The van der Waals surface area contributed by atoms with Crippen LogP contribution < -0.4 is 5.32 Å². The normalized spacial score (nSPS) is 11.9. The predicted octanol–water partition coefficient (Wildman–Crippen LogP) is 4.77. The van der Waals surface area contributed by atoms with Gasteiger partial charge in [-0.05, 0) is 49.0 Å². The van der Waals surface area contributed by atoms with Crippen molar-refractivity contribution in [3.05, 3.63) is 69.9 Å². The fraction of sp³-hybridized carbons (Fsp3) is 0.167. The number of hydrogen-bond donors (Lipinski definition) is 1. The Balaban J connectivity index is 1.60. The van der Waals surface area contributed by atoms with E-state index >= 15 is 0 Å². The molecule has 0 aliphatic heterocycles. The summed E-state index contributed by atoms with van der Waals surface area (Å²) in [5.41, 5.74) is 1.75. The second kappa shape index (κ2) is 8.57. The molecule has 0 saturated carbocycles. The fourth-order valence-corrected chi connectivity index (χ4v) is 4.47. The quantitative estimate of drug-likeness (QED) is 0.474. The summed E-state index contributed by atoms with van der Waals surface area (Å²) in [5.74, 6) is -0.127. The molecule has 1 amide bonds. The maximum Gasteiger partial charge on any atom is 0.230 e. The van der Waals surface area contributed by atoms with Gasteiger partial charge in [-0.15, -0.1) is 5.10 Å². The first-order chi connectivity index (χ1) is 12.5. The Morgan fingerprint density at radius 1 is 1.27 bits per heavy atom. The van der Waals surface area contributed by atoms with Crippen LogP contribution in [0.15, 0.2) is 58.9 Å². The molecule has 1 N–H and O–H groups in total. The van der Waals surface area contributed by atoms with Gasteiger partial charge in [0.25, 0.3) is 0 Å². The summed E-state index contributed by atoms with van der Waals surface area (Å²) >= 11 is 7.97. The van der Waals surface area contributed by atoms with Gasteiger partial charge in [0.05, 0.1) is 17.5 Å². The second-order valence-electron chi connectivity index (χ2n) is 5.51. The first kappa shape index (κ1) is 18.8. The minimum absolute atomic E-state index is 0.0562. The molecule has 134 valence electrons. The molecule has 2 aromatic carbocycles. The highest BCUT2D eigenvalue weighted by molar-refractivity contribution is 8.01. The summed E-state index contributed by atoms with van der Waals surface area (Å²) in [5, 5.41) is 7.38. The van der Waals surface area contributed by atoms with Crippen LogP contribution in [-0.2, 0) is 4.79 Å². The molecule has 0 aliphatic carbocycles. The van der Waals surface area contributed by atoms with Crippen LogP contribution in [-0.4, -0.2) is 21.4 Å². The van der Waals surface area contributed by atoms with E-state index in [9.17, 15) is 9.18 Å². The minimum atomic E-state index is -0.311. The first-order valence-electron chi connectivity index (χ1n) is 7.86. The topological polar surface area (TPSA) is 46.9 Å². The van der Waals surface area contributed by atoms with Gasteiger partial charge >= 0.3 is 0 Å². The van der Waals surface area contributed by atoms with Crippen LogP contribution in [0.1, 0.15) is 18.5 Å². The Bertz CT molecular complexity index is 938. The van der Waals surface area contributed by atoms with E-state index < -0.39 is 0 Å². The highest BCUT2D eigenvalue weighted by atomic mass is 32.2. The summed E-state index contributed by atoms with van der Waals surface area (Å²) in [6.45, 7) is 1.95. The summed E-state index contributed by atoms with van der Waals surface area (Å²) in [6, 6.07) is 15.7. The van der Waals surface area contributed by atoms with E-state index in [1.807, 2.05) is 37.3 Å². The predicted molar refractivity (Wildman–Crippen MR) is 106 cm³/mol. The molecule has 1 heterocycles. The van der Waals surface area contributed by atoms with Crippen LogP contribution >= 0.6 is 35.3 Å². The lowest BCUT2D eigenvalue weighted by atomic mass is 10.1. The molecule has 8 heteroatoms. The second-order valence-corrected chi connectivity index (χ2v) is 8.36. The number of amides is 1. The number of rotatable bonds is 6. The highest BCUT2D eigenvalue weighted by Gasteiger charge is 2.12. The molecular weight excluding hydrogens is 389 g/mol. The lowest BCUT2D eigenvalue weighted by molar-refractivity contribution is -0.119. The first-order valence-corrected chi connectivity index (χ1v) is 10.1. The molecule has 3 aromatic rings. The number of carbonyl (C=O) groups excluding carboxylic acids is 1. The van der Waals surface area contributed by atoms with E-state index in [2.05, 4.69) is 10.4 Å². The molecule has 1 atom stereocenters. The van der Waals surface area contributed by atoms with Crippen molar-refractivity contribution < 1.29 is 9.18 Å². The van der Waals surface area contributed by atoms with E-state index in [0.717, 1.165) is 5.56 Å². The Morgan fingerprint density at radius 2 is 1.96 bits per heavy atom. The number of nitrogens with zero attached hydrogens (tertiary/aromatic N) is 2. The zero-order chi connectivity index (χ0) is 18.5. The zero-order valence-corrected chi connectivity index (χ0v) is 16.3. The van der Waals surface area contributed by atoms with Gasteiger partial charge in [-0.2, -0.15) is 0 Å². The number of hydrogen-bond acceptors (Lipinski definition) is 5. The van der Waals surface area contributed by atoms with Gasteiger partial charge in [0, 0.05) is 0 Å². The number of aromatic nitrogens is 2. The van der Waals surface area contributed by atoms with Gasteiger partial charge in [0.15, 0.2) is 8.29 Å². The Hall–Kier alpha value is -2.03. The standard InChI is InChI=1S/C18H16FN3OS3/c1-12(13-5-3-2-4-6-13)20-16(23)11-25-17-21-22(18(24)26-17)15-9-7-14(19)8-10-15/h2-10,12H,11H2,1H3,(H,20,23). The molecule has 26 heavy (non-hydrogen) atoms. The molecule has 0 spiro atoms. The van der Waals surface area contributed by atoms with Gasteiger partial charge < -0.3 is 5.32 Å². The van der Waals surface area contributed by atoms with Gasteiger partial charge in [-0.25, -0.2) is 9.07 Å². The average molecular weight is 406 g/mol. The van der Waals surface area contributed by atoms with E-state index in [-0.39, 0.29) is 23.5 Å². The van der Waals surface area contributed by atoms with Crippen LogP contribution in [0.25, 0.3) is 5.69 Å². The van der Waals surface area contributed by atoms with Crippen molar-refractivity contribution in [3.63, 3.8) is 0 Å². The molecule has 0 aliphatic rings. The molecule has 0 fully saturated rings. The molecule has 0 bridgehead atoms. The summed E-state index contributed by atoms with van der Waals surface area (Å²) in [7, 11) is 0. The van der Waals surface area contributed by atoms with Crippen molar-refractivity contribution in [1.82, 2.24) is 15.1 Å². The highest BCUT2D eigenvalue weighted by Crippen LogP contribution is 2.24. The van der Waals surface area contributed by atoms with Gasteiger partial charge in [-0.1, -0.05) is 53.4 Å². The van der Waals surface area contributed by atoms with Crippen molar-refractivity contribution in [2.75, 3.05) is 5.75 Å². The van der Waals surface area contributed by atoms with E-state index in [0.29, 0.717) is 14.0 Å². The van der Waals surface area contributed by atoms with Crippen LogP contribution in [0.4, 0.5) is 4.39 Å². The molecule has 0 saturated heterocycles. The van der Waals surface area contributed by atoms with Gasteiger partial charge in [0.1, 0.15) is 5.82 Å². The monoisotopic (exact) mass is 405 g/mol. The third-order valence-corrected chi connectivity index (χ3v) is 5.97. The third-order valence-electron chi connectivity index (χ3n) is 3.60.